The van der Waals surface area contributed by atoms with Crippen LogP contribution in [-0.2, 0) is 4.74 Å². The van der Waals surface area contributed by atoms with Crippen LogP contribution in [-0.4, -0.2) is 34.9 Å². The number of nitrogens with one attached hydrogen (secondary N) is 1. The molecule has 1 unspecified atom stereocenters. The molecule has 1 aliphatic rings. The lowest BCUT2D eigenvalue weighted by Gasteiger charge is -2.23. The van der Waals surface area contributed by atoms with Crippen LogP contribution in [0.1, 0.15) is 29.7 Å². The van der Waals surface area contributed by atoms with Crippen LogP contribution in [0.4, 0.5) is 5.82 Å². The van der Waals surface area contributed by atoms with Gasteiger partial charge in [-0.1, -0.05) is 12.2 Å². The van der Waals surface area contributed by atoms with Gasteiger partial charge in [0.15, 0.2) is 5.82 Å². The highest BCUT2D eigenvalue weighted by atomic mass is 32.1. The maximum Gasteiger partial charge on any atom is 0.159 e. The SMILES string of the molecule is Cc1nnc(NCC2CCCOC2)c(C(N)=S)c1C. The molecule has 0 radical (unpaired) electrons. The molecule has 2 heterocycles. The second-order valence-corrected chi connectivity index (χ2v) is 5.40. The molecular weight excluding hydrogens is 260 g/mol. The summed E-state index contributed by atoms with van der Waals surface area (Å²) in [5.41, 5.74) is 8.44. The van der Waals surface area contributed by atoms with E-state index in [4.69, 9.17) is 22.7 Å². The van der Waals surface area contributed by atoms with Gasteiger partial charge in [0.25, 0.3) is 0 Å². The van der Waals surface area contributed by atoms with Crippen LogP contribution in [0.3, 0.4) is 0 Å². The lowest BCUT2D eigenvalue weighted by atomic mass is 10.0. The summed E-state index contributed by atoms with van der Waals surface area (Å²) in [7, 11) is 0. The van der Waals surface area contributed by atoms with Crippen molar-refractivity contribution in [3.8, 4) is 0 Å². The van der Waals surface area contributed by atoms with Crippen LogP contribution in [0.25, 0.3) is 0 Å². The molecule has 1 aromatic rings. The zero-order chi connectivity index (χ0) is 13.8. The lowest BCUT2D eigenvalue weighted by Crippen LogP contribution is -2.26. The first-order chi connectivity index (χ1) is 9.09. The second kappa shape index (κ2) is 6.25. The molecule has 6 heteroatoms. The van der Waals surface area contributed by atoms with Gasteiger partial charge < -0.3 is 15.8 Å². The number of anilines is 1. The predicted octanol–water partition coefficient (Wildman–Crippen LogP) is 1.57. The monoisotopic (exact) mass is 280 g/mol. The van der Waals surface area contributed by atoms with Crippen molar-refractivity contribution in [3.05, 3.63) is 16.8 Å². The van der Waals surface area contributed by atoms with E-state index in [0.29, 0.717) is 16.7 Å². The van der Waals surface area contributed by atoms with Crippen molar-refractivity contribution in [2.45, 2.75) is 26.7 Å². The molecule has 19 heavy (non-hydrogen) atoms. The summed E-state index contributed by atoms with van der Waals surface area (Å²) in [6, 6.07) is 0. The molecule has 0 aliphatic carbocycles. The Hall–Kier alpha value is -1.27. The molecule has 1 aliphatic heterocycles. The first-order valence-corrected chi connectivity index (χ1v) is 6.95. The van der Waals surface area contributed by atoms with E-state index in [-0.39, 0.29) is 0 Å². The molecule has 104 valence electrons. The molecule has 0 saturated carbocycles. The smallest absolute Gasteiger partial charge is 0.159 e. The van der Waals surface area contributed by atoms with Crippen molar-refractivity contribution in [2.24, 2.45) is 11.7 Å². The van der Waals surface area contributed by atoms with Crippen LogP contribution in [0.15, 0.2) is 0 Å². The molecule has 0 amide bonds. The van der Waals surface area contributed by atoms with E-state index in [2.05, 4.69) is 15.5 Å². The normalized spacial score (nSPS) is 19.2. The molecule has 1 saturated heterocycles. The molecule has 5 nitrogen and oxygen atoms in total. The van der Waals surface area contributed by atoms with Crippen molar-refractivity contribution in [3.63, 3.8) is 0 Å². The zero-order valence-electron chi connectivity index (χ0n) is 11.4. The van der Waals surface area contributed by atoms with E-state index in [1.165, 1.54) is 6.42 Å². The van der Waals surface area contributed by atoms with Crippen molar-refractivity contribution >= 4 is 23.0 Å². The van der Waals surface area contributed by atoms with E-state index in [9.17, 15) is 0 Å². The fraction of sp³-hybridized carbons (Fsp3) is 0.615. The van der Waals surface area contributed by atoms with Gasteiger partial charge >= 0.3 is 0 Å². The largest absolute Gasteiger partial charge is 0.389 e. The molecule has 2 rings (SSSR count). The Kier molecular flexibility index (Phi) is 4.66. The molecule has 1 atom stereocenters. The summed E-state index contributed by atoms with van der Waals surface area (Å²) in [6.45, 7) is 6.36. The van der Waals surface area contributed by atoms with Gasteiger partial charge in [0.1, 0.15) is 4.99 Å². The lowest BCUT2D eigenvalue weighted by molar-refractivity contribution is 0.0594. The van der Waals surface area contributed by atoms with E-state index >= 15 is 0 Å². The van der Waals surface area contributed by atoms with Crippen molar-refractivity contribution in [2.75, 3.05) is 25.1 Å². The van der Waals surface area contributed by atoms with Crippen LogP contribution in [0, 0.1) is 19.8 Å². The highest BCUT2D eigenvalue weighted by Gasteiger charge is 2.17. The fourth-order valence-electron chi connectivity index (χ4n) is 2.24. The number of nitrogens with two attached hydrogens (primary N) is 1. The van der Waals surface area contributed by atoms with Crippen molar-refractivity contribution < 1.29 is 4.74 Å². The minimum absolute atomic E-state index is 0.359. The number of nitrogens with zero attached hydrogens (tertiary/aromatic N) is 2. The molecule has 0 bridgehead atoms. The summed E-state index contributed by atoms with van der Waals surface area (Å²) in [5.74, 6) is 1.19. The van der Waals surface area contributed by atoms with Crippen molar-refractivity contribution in [1.29, 1.82) is 0 Å². The molecule has 1 aromatic heterocycles. The third-order valence-electron chi connectivity index (χ3n) is 3.51. The van der Waals surface area contributed by atoms with Gasteiger partial charge in [0.2, 0.25) is 0 Å². The summed E-state index contributed by atoms with van der Waals surface area (Å²) >= 11 is 5.11. The Morgan fingerprint density at radius 2 is 2.26 bits per heavy atom. The quantitative estimate of drug-likeness (QED) is 0.816. The molecule has 3 N–H and O–H groups in total. The van der Waals surface area contributed by atoms with Crippen LogP contribution in [0.5, 0.6) is 0 Å². The van der Waals surface area contributed by atoms with Gasteiger partial charge in [-0.05, 0) is 38.2 Å². The Bertz CT molecular complexity index is 472. The number of thiocarbonyl (C=S) groups is 1. The van der Waals surface area contributed by atoms with E-state index < -0.39 is 0 Å². The van der Waals surface area contributed by atoms with Crippen LogP contribution in [0.2, 0.25) is 0 Å². The van der Waals surface area contributed by atoms with Gasteiger partial charge in [-0.2, -0.15) is 5.10 Å². The topological polar surface area (TPSA) is 73.1 Å². The van der Waals surface area contributed by atoms with E-state index in [1.54, 1.807) is 0 Å². The standard InChI is InChI=1S/C13H20N4OS/c1-8-9(2)16-17-13(11(8)12(14)19)15-6-10-4-3-5-18-7-10/h10H,3-7H2,1-2H3,(H2,14,19)(H,15,17). The third-order valence-corrected chi connectivity index (χ3v) is 3.72. The number of hydrogen-bond donors (Lipinski definition) is 2. The summed E-state index contributed by atoms with van der Waals surface area (Å²) < 4.78 is 5.46. The summed E-state index contributed by atoms with van der Waals surface area (Å²) in [5, 5.41) is 11.6. The predicted molar refractivity (Wildman–Crippen MR) is 79.4 cm³/mol. The number of hydrogen-bond acceptors (Lipinski definition) is 5. The Balaban J connectivity index is 2.11. The van der Waals surface area contributed by atoms with E-state index in [1.807, 2.05) is 13.8 Å². The minimum Gasteiger partial charge on any atom is -0.389 e. The summed E-state index contributed by atoms with van der Waals surface area (Å²) in [6.07, 6.45) is 2.29. The Morgan fingerprint density at radius 3 is 2.89 bits per heavy atom. The summed E-state index contributed by atoms with van der Waals surface area (Å²) in [4.78, 5) is 0.359. The van der Waals surface area contributed by atoms with Gasteiger partial charge in [0, 0.05) is 13.2 Å². The second-order valence-electron chi connectivity index (χ2n) is 4.96. The van der Waals surface area contributed by atoms with Gasteiger partial charge in [-0.3, -0.25) is 0 Å². The maximum atomic E-state index is 5.79. The molecular formula is C13H20N4OS. The van der Waals surface area contributed by atoms with Gasteiger partial charge in [0.05, 0.1) is 17.9 Å². The van der Waals surface area contributed by atoms with Gasteiger partial charge in [-0.25, -0.2) is 0 Å². The Labute approximate surface area is 118 Å². The first kappa shape index (κ1) is 14.1. The number of aromatic nitrogens is 2. The minimum atomic E-state index is 0.359. The number of rotatable bonds is 4. The molecule has 0 aromatic carbocycles. The van der Waals surface area contributed by atoms with Crippen LogP contribution >= 0.6 is 12.2 Å². The van der Waals surface area contributed by atoms with Gasteiger partial charge in [-0.15, -0.1) is 5.10 Å². The molecule has 1 fully saturated rings. The highest BCUT2D eigenvalue weighted by molar-refractivity contribution is 7.80. The first-order valence-electron chi connectivity index (χ1n) is 6.55. The number of aryl methyl sites for hydroxylation is 1. The third kappa shape index (κ3) is 3.39. The highest BCUT2D eigenvalue weighted by Crippen LogP contribution is 2.20. The Morgan fingerprint density at radius 1 is 1.47 bits per heavy atom. The fourth-order valence-corrected chi connectivity index (χ4v) is 2.49. The average molecular weight is 280 g/mol. The molecule has 0 spiro atoms. The van der Waals surface area contributed by atoms with E-state index in [0.717, 1.165) is 43.0 Å². The van der Waals surface area contributed by atoms with Crippen molar-refractivity contribution in [1.82, 2.24) is 10.2 Å². The zero-order valence-corrected chi connectivity index (χ0v) is 12.2. The van der Waals surface area contributed by atoms with Crippen LogP contribution < -0.4 is 11.1 Å². The average Bonchev–Trinajstić information content (AvgIpc) is 2.41. The maximum absolute atomic E-state index is 5.79. The number of ether oxygens (including phenoxy) is 1.